The summed E-state index contributed by atoms with van der Waals surface area (Å²) in [4.78, 5) is 8.17. The maximum absolute atomic E-state index is 5.74. The third-order valence-electron chi connectivity index (χ3n) is 2.13. The van der Waals surface area contributed by atoms with Crippen LogP contribution in [0.25, 0.3) is 0 Å². The van der Waals surface area contributed by atoms with Gasteiger partial charge in [-0.15, -0.1) is 11.6 Å². The molecule has 0 N–H and O–H groups in total. The van der Waals surface area contributed by atoms with Crippen molar-refractivity contribution in [2.45, 2.75) is 12.5 Å². The van der Waals surface area contributed by atoms with Crippen molar-refractivity contribution in [2.75, 3.05) is 0 Å². The summed E-state index contributed by atoms with van der Waals surface area (Å²) < 4.78 is 6.49. The first-order valence-electron chi connectivity index (χ1n) is 5.02. The first-order valence-corrected chi connectivity index (χ1v) is 6.35. The molecule has 0 atom stereocenters. The zero-order valence-corrected chi connectivity index (χ0v) is 11.3. The maximum Gasteiger partial charge on any atom is 0.166 e. The number of nitrogens with zero attached hydrogens (tertiary/aromatic N) is 2. The van der Waals surface area contributed by atoms with Crippen LogP contribution in [0, 0.1) is 0 Å². The SMILES string of the molecule is ClCc1ccc(OCc2ncccn2)c(Br)c1. The van der Waals surface area contributed by atoms with Crippen LogP contribution in [0.5, 0.6) is 5.75 Å². The summed E-state index contributed by atoms with van der Waals surface area (Å²) in [6.45, 7) is 0.347. The molecule has 2 aromatic rings. The molecule has 0 amide bonds. The second-order valence-corrected chi connectivity index (χ2v) is 4.47. The molecule has 1 heterocycles. The lowest BCUT2D eigenvalue weighted by Gasteiger charge is -2.08. The van der Waals surface area contributed by atoms with E-state index in [1.54, 1.807) is 18.5 Å². The van der Waals surface area contributed by atoms with E-state index < -0.39 is 0 Å². The summed E-state index contributed by atoms with van der Waals surface area (Å²) in [7, 11) is 0. The van der Waals surface area contributed by atoms with E-state index in [1.165, 1.54) is 0 Å². The van der Waals surface area contributed by atoms with Crippen molar-refractivity contribution >= 4 is 27.5 Å². The maximum atomic E-state index is 5.74. The number of benzene rings is 1. The molecule has 0 saturated heterocycles. The molecule has 0 bridgehead atoms. The van der Waals surface area contributed by atoms with Crippen molar-refractivity contribution in [3.63, 3.8) is 0 Å². The van der Waals surface area contributed by atoms with Crippen LogP contribution in [0.2, 0.25) is 0 Å². The zero-order valence-electron chi connectivity index (χ0n) is 8.94. The molecule has 0 aliphatic heterocycles. The molecule has 0 saturated carbocycles. The number of halogens is 2. The first kappa shape index (κ1) is 12.3. The van der Waals surface area contributed by atoms with Gasteiger partial charge in [0.05, 0.1) is 4.47 Å². The van der Waals surface area contributed by atoms with Gasteiger partial charge < -0.3 is 4.74 Å². The van der Waals surface area contributed by atoms with Gasteiger partial charge in [0.2, 0.25) is 0 Å². The van der Waals surface area contributed by atoms with Crippen LogP contribution in [-0.4, -0.2) is 9.97 Å². The Labute approximate surface area is 113 Å². The largest absolute Gasteiger partial charge is 0.484 e. The highest BCUT2D eigenvalue weighted by molar-refractivity contribution is 9.10. The number of hydrogen-bond acceptors (Lipinski definition) is 3. The van der Waals surface area contributed by atoms with E-state index in [2.05, 4.69) is 25.9 Å². The Morgan fingerprint density at radius 3 is 2.65 bits per heavy atom. The van der Waals surface area contributed by atoms with Crippen LogP contribution in [-0.2, 0) is 12.5 Å². The van der Waals surface area contributed by atoms with Gasteiger partial charge in [-0.05, 0) is 39.7 Å². The fraction of sp³-hybridized carbons (Fsp3) is 0.167. The van der Waals surface area contributed by atoms with Gasteiger partial charge in [-0.25, -0.2) is 9.97 Å². The molecule has 1 aromatic carbocycles. The Morgan fingerprint density at radius 1 is 1.24 bits per heavy atom. The third-order valence-corrected chi connectivity index (χ3v) is 3.05. The monoisotopic (exact) mass is 312 g/mol. The van der Waals surface area contributed by atoms with E-state index in [0.717, 1.165) is 15.8 Å². The Bertz CT molecular complexity index is 493. The molecule has 0 spiro atoms. The van der Waals surface area contributed by atoms with E-state index in [4.69, 9.17) is 16.3 Å². The molecule has 88 valence electrons. The number of alkyl halides is 1. The van der Waals surface area contributed by atoms with E-state index in [9.17, 15) is 0 Å². The number of rotatable bonds is 4. The van der Waals surface area contributed by atoms with Gasteiger partial charge in [0, 0.05) is 18.3 Å². The van der Waals surface area contributed by atoms with Gasteiger partial charge in [-0.3, -0.25) is 0 Å². The standard InChI is InChI=1S/C12H10BrClN2O/c13-10-6-9(7-14)2-3-11(10)17-8-12-15-4-1-5-16-12/h1-6H,7-8H2. The summed E-state index contributed by atoms with van der Waals surface area (Å²) in [6.07, 6.45) is 3.38. The molecule has 17 heavy (non-hydrogen) atoms. The summed E-state index contributed by atoms with van der Waals surface area (Å²) in [5, 5.41) is 0. The van der Waals surface area contributed by atoms with Crippen molar-refractivity contribution in [1.29, 1.82) is 0 Å². The van der Waals surface area contributed by atoms with E-state index >= 15 is 0 Å². The van der Waals surface area contributed by atoms with Gasteiger partial charge >= 0.3 is 0 Å². The molecule has 3 nitrogen and oxygen atoms in total. The van der Waals surface area contributed by atoms with Crippen LogP contribution in [0.4, 0.5) is 0 Å². The van der Waals surface area contributed by atoms with Crippen LogP contribution >= 0.6 is 27.5 Å². The number of hydrogen-bond donors (Lipinski definition) is 0. The highest BCUT2D eigenvalue weighted by Gasteiger charge is 2.03. The molecule has 0 aliphatic carbocycles. The molecular weight excluding hydrogens is 304 g/mol. The fourth-order valence-electron chi connectivity index (χ4n) is 1.29. The van der Waals surface area contributed by atoms with E-state index in [0.29, 0.717) is 18.3 Å². The normalized spacial score (nSPS) is 10.2. The third kappa shape index (κ3) is 3.41. The Kier molecular flexibility index (Phi) is 4.34. The van der Waals surface area contributed by atoms with Crippen molar-refractivity contribution in [1.82, 2.24) is 9.97 Å². The molecular formula is C12H10BrClN2O. The van der Waals surface area contributed by atoms with Gasteiger partial charge in [-0.2, -0.15) is 0 Å². The summed E-state index contributed by atoms with van der Waals surface area (Å²) in [6, 6.07) is 7.52. The second-order valence-electron chi connectivity index (χ2n) is 3.35. The minimum Gasteiger partial charge on any atom is -0.484 e. The minimum absolute atomic E-state index is 0.347. The van der Waals surface area contributed by atoms with Crippen LogP contribution in [0.1, 0.15) is 11.4 Å². The lowest BCUT2D eigenvalue weighted by molar-refractivity contribution is 0.294. The smallest absolute Gasteiger partial charge is 0.166 e. The minimum atomic E-state index is 0.347. The lowest BCUT2D eigenvalue weighted by Crippen LogP contribution is -2.00. The fourth-order valence-corrected chi connectivity index (χ4v) is 2.00. The molecule has 0 fully saturated rings. The van der Waals surface area contributed by atoms with E-state index in [-0.39, 0.29) is 0 Å². The first-order chi connectivity index (χ1) is 8.29. The molecule has 1 aromatic heterocycles. The van der Waals surface area contributed by atoms with Gasteiger partial charge in [0.1, 0.15) is 12.4 Å². The Balaban J connectivity index is 2.04. The highest BCUT2D eigenvalue weighted by Crippen LogP contribution is 2.27. The number of ether oxygens (including phenoxy) is 1. The zero-order chi connectivity index (χ0) is 12.1. The summed E-state index contributed by atoms with van der Waals surface area (Å²) in [5.74, 6) is 1.90. The van der Waals surface area contributed by atoms with Crippen LogP contribution < -0.4 is 4.74 Å². The van der Waals surface area contributed by atoms with Crippen molar-refractivity contribution in [3.05, 3.63) is 52.5 Å². The quantitative estimate of drug-likeness (QED) is 0.810. The molecule has 0 aliphatic rings. The topological polar surface area (TPSA) is 35.0 Å². The van der Waals surface area contributed by atoms with Gasteiger partial charge in [0.15, 0.2) is 5.82 Å². The molecule has 2 rings (SSSR count). The van der Waals surface area contributed by atoms with Crippen molar-refractivity contribution < 1.29 is 4.74 Å². The predicted molar refractivity (Wildman–Crippen MR) is 70.1 cm³/mol. The predicted octanol–water partition coefficient (Wildman–Crippen LogP) is 3.56. The average molecular weight is 314 g/mol. The van der Waals surface area contributed by atoms with Crippen LogP contribution in [0.3, 0.4) is 0 Å². The summed E-state index contributed by atoms with van der Waals surface area (Å²) in [5.41, 5.74) is 1.04. The van der Waals surface area contributed by atoms with Crippen molar-refractivity contribution in [3.8, 4) is 5.75 Å². The molecule has 0 unspecified atom stereocenters. The van der Waals surface area contributed by atoms with Gasteiger partial charge in [0.25, 0.3) is 0 Å². The second kappa shape index (κ2) is 5.98. The van der Waals surface area contributed by atoms with Gasteiger partial charge in [-0.1, -0.05) is 6.07 Å². The lowest BCUT2D eigenvalue weighted by atomic mass is 10.2. The van der Waals surface area contributed by atoms with E-state index in [1.807, 2.05) is 18.2 Å². The highest BCUT2D eigenvalue weighted by atomic mass is 79.9. The van der Waals surface area contributed by atoms with Crippen LogP contribution in [0.15, 0.2) is 41.1 Å². The molecule has 5 heteroatoms. The Hall–Kier alpha value is -1.13. The number of aromatic nitrogens is 2. The summed E-state index contributed by atoms with van der Waals surface area (Å²) >= 11 is 9.18. The molecule has 0 radical (unpaired) electrons. The van der Waals surface area contributed by atoms with Crippen molar-refractivity contribution in [2.24, 2.45) is 0 Å². The average Bonchev–Trinajstić information content (AvgIpc) is 2.38. The Morgan fingerprint density at radius 2 is 2.00 bits per heavy atom.